The summed E-state index contributed by atoms with van der Waals surface area (Å²) in [6.45, 7) is 7.27. The largest absolute Gasteiger partial charge is 0.398 e. The van der Waals surface area contributed by atoms with Gasteiger partial charge in [-0.3, -0.25) is 4.90 Å². The highest BCUT2D eigenvalue weighted by Crippen LogP contribution is 2.22. The molecule has 0 radical (unpaired) electrons. The molecule has 0 saturated carbocycles. The zero-order valence-corrected chi connectivity index (χ0v) is 12.8. The minimum absolute atomic E-state index is 0.417. The fourth-order valence-electron chi connectivity index (χ4n) is 3.17. The first-order valence-corrected chi connectivity index (χ1v) is 7.95. The van der Waals surface area contributed by atoms with Crippen molar-refractivity contribution in [2.75, 3.05) is 32.0 Å². The number of ether oxygens (including phenoxy) is 1. The van der Waals surface area contributed by atoms with Crippen LogP contribution in [0.25, 0.3) is 10.9 Å². The molecule has 0 bridgehead atoms. The van der Waals surface area contributed by atoms with Gasteiger partial charge in [0.15, 0.2) is 0 Å². The van der Waals surface area contributed by atoms with Gasteiger partial charge in [0.2, 0.25) is 0 Å². The lowest BCUT2D eigenvalue weighted by Crippen LogP contribution is -2.43. The fourth-order valence-corrected chi connectivity index (χ4v) is 3.17. The molecule has 0 spiro atoms. The number of morpholine rings is 1. The average molecular weight is 287 g/mol. The first-order valence-electron chi connectivity index (χ1n) is 7.95. The highest BCUT2D eigenvalue weighted by molar-refractivity contribution is 5.91. The average Bonchev–Trinajstić information content (AvgIpc) is 2.91. The number of hydrogen-bond acceptors (Lipinski definition) is 3. The van der Waals surface area contributed by atoms with Crippen LogP contribution in [-0.2, 0) is 11.3 Å². The van der Waals surface area contributed by atoms with E-state index in [9.17, 15) is 0 Å². The molecule has 1 atom stereocenters. The normalized spacial score (nSPS) is 20.1. The zero-order valence-electron chi connectivity index (χ0n) is 12.8. The van der Waals surface area contributed by atoms with Gasteiger partial charge in [-0.05, 0) is 24.6 Å². The zero-order chi connectivity index (χ0) is 14.7. The first-order chi connectivity index (χ1) is 10.3. The van der Waals surface area contributed by atoms with Crippen molar-refractivity contribution in [3.8, 4) is 0 Å². The van der Waals surface area contributed by atoms with Crippen molar-refractivity contribution < 1.29 is 4.74 Å². The molecule has 1 aliphatic heterocycles. The number of nitrogens with two attached hydrogens (primary N) is 1. The van der Waals surface area contributed by atoms with Crippen LogP contribution < -0.4 is 5.73 Å². The van der Waals surface area contributed by atoms with E-state index < -0.39 is 0 Å². The summed E-state index contributed by atoms with van der Waals surface area (Å²) in [5.41, 5.74) is 8.11. The van der Waals surface area contributed by atoms with Crippen LogP contribution in [0.1, 0.15) is 19.8 Å². The van der Waals surface area contributed by atoms with Crippen LogP contribution in [0.2, 0.25) is 0 Å². The molecule has 2 N–H and O–H groups in total. The van der Waals surface area contributed by atoms with Gasteiger partial charge in [-0.2, -0.15) is 0 Å². The van der Waals surface area contributed by atoms with Gasteiger partial charge < -0.3 is 15.0 Å². The molecule has 21 heavy (non-hydrogen) atoms. The van der Waals surface area contributed by atoms with Crippen molar-refractivity contribution in [3.05, 3.63) is 30.5 Å². The lowest BCUT2D eigenvalue weighted by molar-refractivity contribution is -0.0329. The SMILES string of the molecule is CCCC1CN(CCn2ccc3c(N)cccc32)CCO1. The highest BCUT2D eigenvalue weighted by atomic mass is 16.5. The summed E-state index contributed by atoms with van der Waals surface area (Å²) < 4.78 is 8.11. The summed E-state index contributed by atoms with van der Waals surface area (Å²) in [5.74, 6) is 0. The molecular weight excluding hydrogens is 262 g/mol. The number of aromatic nitrogens is 1. The van der Waals surface area contributed by atoms with Crippen LogP contribution in [0.5, 0.6) is 0 Å². The van der Waals surface area contributed by atoms with Crippen molar-refractivity contribution in [1.29, 1.82) is 0 Å². The van der Waals surface area contributed by atoms with Crippen LogP contribution in [0.15, 0.2) is 30.5 Å². The Bertz CT molecular complexity index is 591. The van der Waals surface area contributed by atoms with Gasteiger partial charge >= 0.3 is 0 Å². The second-order valence-corrected chi connectivity index (χ2v) is 5.87. The van der Waals surface area contributed by atoms with Gasteiger partial charge in [0.05, 0.1) is 18.2 Å². The van der Waals surface area contributed by atoms with E-state index in [-0.39, 0.29) is 0 Å². The van der Waals surface area contributed by atoms with Crippen LogP contribution in [0.3, 0.4) is 0 Å². The van der Waals surface area contributed by atoms with Crippen LogP contribution in [-0.4, -0.2) is 41.8 Å². The third-order valence-corrected chi connectivity index (χ3v) is 4.34. The number of nitrogens with zero attached hydrogens (tertiary/aromatic N) is 2. The van der Waals surface area contributed by atoms with E-state index in [4.69, 9.17) is 10.5 Å². The predicted molar refractivity (Wildman–Crippen MR) is 87.4 cm³/mol. The molecule has 2 aromatic rings. The molecule has 4 heteroatoms. The summed E-state index contributed by atoms with van der Waals surface area (Å²) in [6.07, 6.45) is 4.92. The monoisotopic (exact) mass is 287 g/mol. The van der Waals surface area contributed by atoms with Crippen LogP contribution >= 0.6 is 0 Å². The van der Waals surface area contributed by atoms with Crippen molar-refractivity contribution in [1.82, 2.24) is 9.47 Å². The summed E-state index contributed by atoms with van der Waals surface area (Å²) >= 11 is 0. The minimum Gasteiger partial charge on any atom is -0.398 e. The molecule has 1 fully saturated rings. The number of hydrogen-bond donors (Lipinski definition) is 1. The van der Waals surface area contributed by atoms with E-state index >= 15 is 0 Å². The van der Waals surface area contributed by atoms with Gasteiger partial charge in [-0.15, -0.1) is 0 Å². The Morgan fingerprint density at radius 1 is 1.29 bits per heavy atom. The minimum atomic E-state index is 0.417. The quantitative estimate of drug-likeness (QED) is 0.860. The number of benzene rings is 1. The van der Waals surface area contributed by atoms with Gasteiger partial charge in [-0.25, -0.2) is 0 Å². The van der Waals surface area contributed by atoms with E-state index in [0.717, 1.165) is 43.9 Å². The Morgan fingerprint density at radius 3 is 3.05 bits per heavy atom. The molecule has 1 aromatic carbocycles. The Hall–Kier alpha value is -1.52. The van der Waals surface area contributed by atoms with Crippen molar-refractivity contribution in [2.24, 2.45) is 0 Å². The van der Waals surface area contributed by atoms with Crippen molar-refractivity contribution in [3.63, 3.8) is 0 Å². The van der Waals surface area contributed by atoms with Crippen molar-refractivity contribution >= 4 is 16.6 Å². The molecule has 1 saturated heterocycles. The molecule has 1 unspecified atom stereocenters. The predicted octanol–water partition coefficient (Wildman–Crippen LogP) is 2.72. The lowest BCUT2D eigenvalue weighted by atomic mass is 10.1. The topological polar surface area (TPSA) is 43.4 Å². The maximum absolute atomic E-state index is 6.02. The summed E-state index contributed by atoms with van der Waals surface area (Å²) in [6, 6.07) is 8.25. The molecule has 4 nitrogen and oxygen atoms in total. The smallest absolute Gasteiger partial charge is 0.0702 e. The molecule has 1 aliphatic rings. The maximum atomic E-state index is 6.02. The Balaban J connectivity index is 1.62. The Labute approximate surface area is 126 Å². The highest BCUT2D eigenvalue weighted by Gasteiger charge is 2.19. The summed E-state index contributed by atoms with van der Waals surface area (Å²) in [5, 5.41) is 1.16. The van der Waals surface area contributed by atoms with E-state index in [2.05, 4.69) is 34.7 Å². The molecule has 1 aromatic heterocycles. The number of anilines is 1. The molecule has 3 rings (SSSR count). The van der Waals surface area contributed by atoms with Crippen LogP contribution in [0, 0.1) is 0 Å². The van der Waals surface area contributed by atoms with Gasteiger partial charge in [0.25, 0.3) is 0 Å². The van der Waals surface area contributed by atoms with E-state index in [1.165, 1.54) is 18.4 Å². The van der Waals surface area contributed by atoms with Crippen LogP contribution in [0.4, 0.5) is 5.69 Å². The van der Waals surface area contributed by atoms with Crippen molar-refractivity contribution in [2.45, 2.75) is 32.4 Å². The molecule has 2 heterocycles. The molecule has 0 aliphatic carbocycles. The Morgan fingerprint density at radius 2 is 2.19 bits per heavy atom. The number of fused-ring (bicyclic) bond motifs is 1. The van der Waals surface area contributed by atoms with E-state index in [0.29, 0.717) is 6.10 Å². The maximum Gasteiger partial charge on any atom is 0.0702 e. The van der Waals surface area contributed by atoms with Gasteiger partial charge in [0.1, 0.15) is 0 Å². The fraction of sp³-hybridized carbons (Fsp3) is 0.529. The van der Waals surface area contributed by atoms with E-state index in [1.54, 1.807) is 0 Å². The Kier molecular flexibility index (Phi) is 4.46. The summed E-state index contributed by atoms with van der Waals surface area (Å²) in [4.78, 5) is 2.52. The second-order valence-electron chi connectivity index (χ2n) is 5.87. The molecule has 0 amide bonds. The second kappa shape index (κ2) is 6.50. The summed E-state index contributed by atoms with van der Waals surface area (Å²) in [7, 11) is 0. The van der Waals surface area contributed by atoms with E-state index in [1.807, 2.05) is 12.1 Å². The lowest BCUT2D eigenvalue weighted by Gasteiger charge is -2.33. The molecule has 114 valence electrons. The molecular formula is C17H25N3O. The van der Waals surface area contributed by atoms with Gasteiger partial charge in [0, 0.05) is 43.4 Å². The number of rotatable bonds is 5. The standard InChI is InChI=1S/C17H25N3O/c1-2-4-14-13-19(11-12-21-14)9-10-20-8-7-15-16(18)5-3-6-17(15)20/h3,5-8,14H,2,4,9-13,18H2,1H3. The third kappa shape index (κ3) is 3.22. The number of nitrogen functional groups attached to an aromatic ring is 1. The third-order valence-electron chi connectivity index (χ3n) is 4.34. The van der Waals surface area contributed by atoms with Gasteiger partial charge in [-0.1, -0.05) is 19.4 Å². The first kappa shape index (κ1) is 14.4.